The second-order valence-corrected chi connectivity index (χ2v) is 9.92. The first kappa shape index (κ1) is 19.0. The van der Waals surface area contributed by atoms with E-state index in [9.17, 15) is 24.6 Å². The molecule has 5 nitrogen and oxygen atoms in total. The van der Waals surface area contributed by atoms with Gasteiger partial charge in [0.1, 0.15) is 18.0 Å². The highest BCUT2D eigenvalue weighted by atomic mass is 16.3. The second-order valence-electron chi connectivity index (χ2n) is 9.92. The van der Waals surface area contributed by atoms with Gasteiger partial charge in [0.2, 0.25) is 0 Å². The highest BCUT2D eigenvalue weighted by Gasteiger charge is 2.68. The molecule has 3 fully saturated rings. The highest BCUT2D eigenvalue weighted by Crippen LogP contribution is 2.66. The van der Waals surface area contributed by atoms with Crippen LogP contribution >= 0.6 is 0 Å². The van der Waals surface area contributed by atoms with Crippen LogP contribution in [0.1, 0.15) is 59.3 Å². The van der Waals surface area contributed by atoms with Gasteiger partial charge in [0.15, 0.2) is 11.6 Å². The molecule has 148 valence electrons. The van der Waals surface area contributed by atoms with Crippen molar-refractivity contribution in [2.24, 2.45) is 34.5 Å². The normalized spacial score (nSPS) is 49.1. The third-order valence-corrected chi connectivity index (χ3v) is 8.72. The molecule has 0 aliphatic heterocycles. The van der Waals surface area contributed by atoms with Crippen LogP contribution in [0.4, 0.5) is 0 Å². The molecule has 0 unspecified atom stereocenters. The van der Waals surface area contributed by atoms with E-state index < -0.39 is 23.4 Å². The number of allylic oxidation sites excluding steroid dienone is 1. The molecule has 4 aliphatic rings. The Morgan fingerprint density at radius 2 is 1.96 bits per heavy atom. The van der Waals surface area contributed by atoms with Gasteiger partial charge in [0.05, 0.1) is 0 Å². The third-order valence-electron chi connectivity index (χ3n) is 8.72. The smallest absolute Gasteiger partial charge is 0.190 e. The van der Waals surface area contributed by atoms with Gasteiger partial charge in [0.25, 0.3) is 0 Å². The lowest BCUT2D eigenvalue weighted by atomic mass is 9.45. The molecule has 2 N–H and O–H groups in total. The second kappa shape index (κ2) is 5.84. The molecule has 4 aliphatic carbocycles. The topological polar surface area (TPSA) is 91.7 Å². The number of carbonyl (C=O) groups excluding carboxylic acids is 3. The van der Waals surface area contributed by atoms with Gasteiger partial charge in [-0.15, -0.1) is 0 Å². The largest absolute Gasteiger partial charge is 0.388 e. The Morgan fingerprint density at radius 3 is 2.63 bits per heavy atom. The number of rotatable bonds is 2. The first-order valence-corrected chi connectivity index (χ1v) is 10.2. The van der Waals surface area contributed by atoms with E-state index in [1.807, 2.05) is 13.8 Å². The van der Waals surface area contributed by atoms with Crippen molar-refractivity contribution < 1.29 is 24.6 Å². The zero-order valence-corrected chi connectivity index (χ0v) is 16.5. The highest BCUT2D eigenvalue weighted by molar-refractivity contribution is 5.95. The molecule has 0 aromatic heterocycles. The summed E-state index contributed by atoms with van der Waals surface area (Å²) in [5.74, 6) is -0.283. The van der Waals surface area contributed by atoms with E-state index in [1.54, 1.807) is 6.08 Å². The molecule has 0 aromatic rings. The lowest BCUT2D eigenvalue weighted by Gasteiger charge is -2.58. The van der Waals surface area contributed by atoms with Crippen LogP contribution in [0.3, 0.4) is 0 Å². The number of fused-ring (bicyclic) bond motifs is 5. The van der Waals surface area contributed by atoms with Crippen LogP contribution in [-0.4, -0.2) is 39.8 Å². The summed E-state index contributed by atoms with van der Waals surface area (Å²) in [6.45, 7) is 5.26. The molecule has 0 heterocycles. The van der Waals surface area contributed by atoms with Gasteiger partial charge in [-0.25, -0.2) is 0 Å². The standard InChI is InChI=1S/C22H30O5/c1-12-9-20(2)13(8-16(12)24)4-5-14-15-6-7-22(27,18(26)11-23)21(15,3)10-17(25)19(14)20/h8,12,14-15,19,23,27H,4-7,9-11H2,1-3H3/t12-,14+,15+,19-,20+,21+,22+/m1/s1. The van der Waals surface area contributed by atoms with Crippen molar-refractivity contribution in [2.45, 2.75) is 64.9 Å². The summed E-state index contributed by atoms with van der Waals surface area (Å²) in [5, 5.41) is 20.6. The minimum absolute atomic E-state index is 0.0740. The molecule has 0 amide bonds. The average Bonchev–Trinajstić information content (AvgIpc) is 2.87. The Hall–Kier alpha value is -1.33. The molecule has 0 radical (unpaired) electrons. The van der Waals surface area contributed by atoms with Gasteiger partial charge < -0.3 is 10.2 Å². The fourth-order valence-corrected chi connectivity index (χ4v) is 7.32. The number of Topliss-reactive ketones (excluding diaryl/α,β-unsaturated/α-hetero) is 2. The molecular formula is C22H30O5. The first-order chi connectivity index (χ1) is 12.6. The summed E-state index contributed by atoms with van der Waals surface area (Å²) in [4.78, 5) is 38.0. The molecule has 5 heteroatoms. The maximum Gasteiger partial charge on any atom is 0.190 e. The first-order valence-electron chi connectivity index (χ1n) is 10.2. The molecule has 0 saturated heterocycles. The van der Waals surface area contributed by atoms with Crippen LogP contribution in [0.15, 0.2) is 11.6 Å². The Balaban J connectivity index is 1.75. The van der Waals surface area contributed by atoms with E-state index in [0.717, 1.165) is 18.4 Å². The molecule has 4 rings (SSSR count). The molecule has 0 bridgehead atoms. The van der Waals surface area contributed by atoms with Gasteiger partial charge in [-0.05, 0) is 55.4 Å². The minimum Gasteiger partial charge on any atom is -0.388 e. The SMILES string of the molecule is C[C@@H]1C[C@@]2(C)C(=CC1=O)CC[C@@H]1[C@@H]2C(=O)C[C@@]2(C)[C@H]1CC[C@]2(O)C(=O)CO. The van der Waals surface area contributed by atoms with Gasteiger partial charge in [-0.2, -0.15) is 0 Å². The molecule has 7 atom stereocenters. The molecule has 0 aromatic carbocycles. The van der Waals surface area contributed by atoms with E-state index in [0.29, 0.717) is 19.3 Å². The minimum atomic E-state index is -1.61. The van der Waals surface area contributed by atoms with Crippen molar-refractivity contribution in [1.29, 1.82) is 0 Å². The van der Waals surface area contributed by atoms with Crippen molar-refractivity contribution in [2.75, 3.05) is 6.61 Å². The van der Waals surface area contributed by atoms with E-state index >= 15 is 0 Å². The van der Waals surface area contributed by atoms with E-state index in [1.165, 1.54) is 0 Å². The Kier molecular flexibility index (Phi) is 4.11. The monoisotopic (exact) mass is 374 g/mol. The molecule has 27 heavy (non-hydrogen) atoms. The maximum atomic E-state index is 13.4. The lowest BCUT2D eigenvalue weighted by molar-refractivity contribution is -0.170. The predicted octanol–water partition coefficient (Wildman–Crippen LogP) is 2.24. The lowest BCUT2D eigenvalue weighted by Crippen LogP contribution is -2.61. The third kappa shape index (κ3) is 2.27. The quantitative estimate of drug-likeness (QED) is 0.773. The van der Waals surface area contributed by atoms with Gasteiger partial charge in [-0.3, -0.25) is 14.4 Å². The number of hydrogen-bond acceptors (Lipinski definition) is 5. The van der Waals surface area contributed by atoms with Crippen LogP contribution in [-0.2, 0) is 14.4 Å². The summed E-state index contributed by atoms with van der Waals surface area (Å²) in [6.07, 6.45) is 5.31. The van der Waals surface area contributed by atoms with E-state index in [2.05, 4.69) is 6.92 Å². The summed E-state index contributed by atoms with van der Waals surface area (Å²) in [7, 11) is 0. The summed E-state index contributed by atoms with van der Waals surface area (Å²) < 4.78 is 0. The van der Waals surface area contributed by atoms with Crippen molar-refractivity contribution in [3.05, 3.63) is 11.6 Å². The fourth-order valence-electron chi connectivity index (χ4n) is 7.32. The van der Waals surface area contributed by atoms with Crippen LogP contribution in [0.5, 0.6) is 0 Å². The van der Waals surface area contributed by atoms with Crippen molar-refractivity contribution in [3.63, 3.8) is 0 Å². The van der Waals surface area contributed by atoms with E-state index in [-0.39, 0.29) is 47.1 Å². The summed E-state index contributed by atoms with van der Waals surface area (Å²) in [6, 6.07) is 0. The van der Waals surface area contributed by atoms with E-state index in [4.69, 9.17) is 0 Å². The van der Waals surface area contributed by atoms with Gasteiger partial charge in [0, 0.05) is 23.7 Å². The van der Waals surface area contributed by atoms with Crippen molar-refractivity contribution >= 4 is 17.3 Å². The van der Waals surface area contributed by atoms with Crippen LogP contribution in [0, 0.1) is 34.5 Å². The Labute approximate surface area is 160 Å². The average molecular weight is 374 g/mol. The number of ketones is 3. The maximum absolute atomic E-state index is 13.4. The van der Waals surface area contributed by atoms with Crippen molar-refractivity contribution in [3.8, 4) is 0 Å². The Morgan fingerprint density at radius 1 is 1.26 bits per heavy atom. The van der Waals surface area contributed by atoms with Crippen LogP contribution in [0.25, 0.3) is 0 Å². The van der Waals surface area contributed by atoms with Gasteiger partial charge in [-0.1, -0.05) is 26.3 Å². The van der Waals surface area contributed by atoms with Crippen molar-refractivity contribution in [1.82, 2.24) is 0 Å². The fraction of sp³-hybridized carbons (Fsp3) is 0.773. The van der Waals surface area contributed by atoms with Gasteiger partial charge >= 0.3 is 0 Å². The molecule has 0 spiro atoms. The predicted molar refractivity (Wildman–Crippen MR) is 98.7 cm³/mol. The number of aliphatic hydroxyl groups is 2. The molecule has 3 saturated carbocycles. The number of aliphatic hydroxyl groups excluding tert-OH is 1. The zero-order valence-electron chi connectivity index (χ0n) is 16.5. The summed E-state index contributed by atoms with van der Waals surface area (Å²) in [5.41, 5.74) is -1.60. The molecular weight excluding hydrogens is 344 g/mol. The van der Waals surface area contributed by atoms with Crippen LogP contribution < -0.4 is 0 Å². The number of hydrogen-bond donors (Lipinski definition) is 2. The number of carbonyl (C=O) groups is 3. The summed E-state index contributed by atoms with van der Waals surface area (Å²) >= 11 is 0. The van der Waals surface area contributed by atoms with Crippen LogP contribution in [0.2, 0.25) is 0 Å². The Bertz CT molecular complexity index is 754. The zero-order chi connectivity index (χ0) is 19.8.